The van der Waals surface area contributed by atoms with Crippen molar-refractivity contribution in [2.75, 3.05) is 61.0 Å². The summed E-state index contributed by atoms with van der Waals surface area (Å²) < 4.78 is 97.1. The predicted molar refractivity (Wildman–Crippen MR) is 236 cm³/mol. The normalized spacial score (nSPS) is 11.5. The van der Waals surface area contributed by atoms with E-state index in [4.69, 9.17) is 42.6 Å². The highest BCUT2D eigenvalue weighted by atomic mass is 19.1. The highest BCUT2D eigenvalue weighted by molar-refractivity contribution is 5.76. The molecule has 0 saturated heterocycles. The number of carbonyl (C=O) groups is 3. The molecule has 0 amide bonds. The SMILES string of the molecule is COc1c(OCCOc2ccc(C=O)cc2F)ccc2c1Cc1ccc(OCCOc3ccc(C=O)cc3F)c(OC)c1Cc1ccc(OCCOc3ccc(C=O)cc3F)c(OC)c1C2. The fourth-order valence-electron chi connectivity index (χ4n) is 7.64. The summed E-state index contributed by atoms with van der Waals surface area (Å²) in [5.41, 5.74) is 5.64. The second kappa shape index (κ2) is 21.8. The van der Waals surface area contributed by atoms with Gasteiger partial charge >= 0.3 is 0 Å². The summed E-state index contributed by atoms with van der Waals surface area (Å²) in [6.45, 7) is 0.0831. The van der Waals surface area contributed by atoms with E-state index in [2.05, 4.69) is 0 Å². The smallest absolute Gasteiger partial charge is 0.165 e. The monoisotopic (exact) mass is 906 g/mol. The molecule has 1 aliphatic carbocycles. The molecule has 0 fully saturated rings. The third kappa shape index (κ3) is 10.6. The summed E-state index contributed by atoms with van der Waals surface area (Å²) in [6.07, 6.45) is 2.76. The van der Waals surface area contributed by atoms with Gasteiger partial charge in [-0.2, -0.15) is 0 Å². The number of rotatable bonds is 21. The van der Waals surface area contributed by atoms with Gasteiger partial charge in [0.05, 0.1) is 21.3 Å². The molecule has 0 aromatic heterocycles. The second-order valence-electron chi connectivity index (χ2n) is 14.7. The average Bonchev–Trinajstić information content (AvgIpc) is 3.40. The molecule has 15 heteroatoms. The fraction of sp³-hybridized carbons (Fsp3) is 0.235. The molecular formula is C51H45F3O12. The first-order chi connectivity index (χ1) is 32.2. The van der Waals surface area contributed by atoms with Crippen LogP contribution in [0.2, 0.25) is 0 Å². The molecule has 6 aromatic rings. The van der Waals surface area contributed by atoms with Gasteiger partial charge in [-0.15, -0.1) is 0 Å². The molecule has 0 N–H and O–H groups in total. The quantitative estimate of drug-likeness (QED) is 0.0503. The molecule has 0 bridgehead atoms. The third-order valence-corrected chi connectivity index (χ3v) is 10.7. The van der Waals surface area contributed by atoms with E-state index in [0.29, 0.717) is 72.6 Å². The summed E-state index contributed by atoms with van der Waals surface area (Å²) in [4.78, 5) is 33.2. The van der Waals surface area contributed by atoms with E-state index in [1.165, 1.54) is 36.4 Å². The van der Waals surface area contributed by atoms with Crippen LogP contribution in [0.1, 0.15) is 64.5 Å². The lowest BCUT2D eigenvalue weighted by Gasteiger charge is -2.20. The molecule has 6 aromatic carbocycles. The lowest BCUT2D eigenvalue weighted by molar-refractivity contribution is 0.111. The number of benzene rings is 6. The molecule has 0 saturated carbocycles. The van der Waals surface area contributed by atoms with E-state index >= 15 is 0 Å². The maximum absolute atomic E-state index is 14.5. The van der Waals surface area contributed by atoms with Gasteiger partial charge in [-0.1, -0.05) is 18.2 Å². The summed E-state index contributed by atoms with van der Waals surface area (Å²) in [7, 11) is 4.64. The molecule has 0 heterocycles. The van der Waals surface area contributed by atoms with E-state index < -0.39 is 17.5 Å². The molecule has 0 unspecified atom stereocenters. The van der Waals surface area contributed by atoms with Crippen LogP contribution in [0.3, 0.4) is 0 Å². The van der Waals surface area contributed by atoms with E-state index in [-0.39, 0.29) is 73.6 Å². The Kier molecular flexibility index (Phi) is 15.3. The molecule has 342 valence electrons. The van der Waals surface area contributed by atoms with Crippen molar-refractivity contribution in [3.05, 3.63) is 159 Å². The number of halogens is 3. The summed E-state index contributed by atoms with van der Waals surface area (Å²) in [5.74, 6) is 0.585. The van der Waals surface area contributed by atoms with Gasteiger partial charge in [0.1, 0.15) is 58.5 Å². The number of hydrogen-bond acceptors (Lipinski definition) is 12. The Bertz CT molecular complexity index is 2430. The van der Waals surface area contributed by atoms with Crippen molar-refractivity contribution >= 4 is 18.9 Å². The van der Waals surface area contributed by atoms with Crippen molar-refractivity contribution in [1.82, 2.24) is 0 Å². The number of hydrogen-bond donors (Lipinski definition) is 0. The molecule has 66 heavy (non-hydrogen) atoms. The third-order valence-electron chi connectivity index (χ3n) is 10.7. The highest BCUT2D eigenvalue weighted by Crippen LogP contribution is 2.45. The highest BCUT2D eigenvalue weighted by Gasteiger charge is 2.27. The van der Waals surface area contributed by atoms with Gasteiger partial charge in [0.25, 0.3) is 0 Å². The molecule has 0 atom stereocenters. The molecule has 0 aliphatic heterocycles. The van der Waals surface area contributed by atoms with Crippen LogP contribution in [0.4, 0.5) is 13.2 Å². The molecule has 7 rings (SSSR count). The zero-order chi connectivity index (χ0) is 46.6. The summed E-state index contributed by atoms with van der Waals surface area (Å²) in [5, 5.41) is 0. The molecule has 1 aliphatic rings. The fourth-order valence-corrected chi connectivity index (χ4v) is 7.64. The van der Waals surface area contributed by atoms with E-state index in [0.717, 1.165) is 51.6 Å². The topological polar surface area (TPSA) is 134 Å². The van der Waals surface area contributed by atoms with Crippen LogP contribution in [-0.2, 0) is 19.3 Å². The van der Waals surface area contributed by atoms with Gasteiger partial charge in [-0.05, 0) is 89.5 Å². The first-order valence-electron chi connectivity index (χ1n) is 20.8. The van der Waals surface area contributed by atoms with Crippen LogP contribution >= 0.6 is 0 Å². The zero-order valence-corrected chi connectivity index (χ0v) is 36.3. The van der Waals surface area contributed by atoms with Crippen molar-refractivity contribution in [2.45, 2.75) is 19.3 Å². The minimum atomic E-state index is -0.668. The Morgan fingerprint density at radius 2 is 0.621 bits per heavy atom. The largest absolute Gasteiger partial charge is 0.493 e. The van der Waals surface area contributed by atoms with Gasteiger partial charge < -0.3 is 42.6 Å². The van der Waals surface area contributed by atoms with Crippen molar-refractivity contribution in [2.24, 2.45) is 0 Å². The number of methoxy groups -OCH3 is 3. The van der Waals surface area contributed by atoms with Gasteiger partial charge in [0, 0.05) is 52.6 Å². The van der Waals surface area contributed by atoms with Gasteiger partial charge in [-0.3, -0.25) is 14.4 Å². The Hall–Kier alpha value is -7.68. The molecule has 0 radical (unpaired) electrons. The van der Waals surface area contributed by atoms with Gasteiger partial charge in [0.15, 0.2) is 69.2 Å². The second-order valence-corrected chi connectivity index (χ2v) is 14.7. The average molecular weight is 907 g/mol. The van der Waals surface area contributed by atoms with Crippen LogP contribution < -0.4 is 42.6 Å². The summed E-state index contributed by atoms with van der Waals surface area (Å²) >= 11 is 0. The Balaban J connectivity index is 1.19. The first kappa shape index (κ1) is 46.3. The lowest BCUT2D eigenvalue weighted by atomic mass is 9.93. The van der Waals surface area contributed by atoms with Crippen molar-refractivity contribution in [1.29, 1.82) is 0 Å². The van der Waals surface area contributed by atoms with E-state index in [1.807, 2.05) is 18.2 Å². The summed E-state index contributed by atoms with van der Waals surface area (Å²) in [6, 6.07) is 23.0. The standard InChI is InChI=1S/C51H45F3O12/c1-58-49-37-25-35-8-14-47(65-20-17-62-44-11-5-32(29-56)23-41(44)53)51(60-3)39(35)27-36-9-15-48(66-21-18-63-45-12-6-33(30-57)24-42(45)54)50(59-2)38(36)26-34(37)7-13-46(49)64-19-16-61-43-10-4-31(28-55)22-40(43)52/h4-15,22-24,28-30H,16-21,25-27H2,1-3H3. The zero-order valence-electron chi connectivity index (χ0n) is 36.3. The van der Waals surface area contributed by atoms with Crippen LogP contribution in [0, 0.1) is 17.5 Å². The molecule has 0 spiro atoms. The predicted octanol–water partition coefficient (Wildman–Crippen LogP) is 9.03. The van der Waals surface area contributed by atoms with Crippen molar-refractivity contribution in [3.8, 4) is 51.7 Å². The minimum Gasteiger partial charge on any atom is -0.493 e. The lowest BCUT2D eigenvalue weighted by Crippen LogP contribution is -2.12. The van der Waals surface area contributed by atoms with Gasteiger partial charge in [-0.25, -0.2) is 13.2 Å². The Morgan fingerprint density at radius 3 is 0.848 bits per heavy atom. The number of ether oxygens (including phenoxy) is 9. The van der Waals surface area contributed by atoms with Crippen LogP contribution in [0.5, 0.6) is 51.7 Å². The van der Waals surface area contributed by atoms with Crippen molar-refractivity contribution < 1.29 is 70.2 Å². The maximum Gasteiger partial charge on any atom is 0.165 e. The van der Waals surface area contributed by atoms with E-state index in [9.17, 15) is 27.6 Å². The number of carbonyl (C=O) groups excluding carboxylic acids is 3. The number of aldehydes is 3. The maximum atomic E-state index is 14.5. The van der Waals surface area contributed by atoms with Crippen LogP contribution in [0.25, 0.3) is 0 Å². The van der Waals surface area contributed by atoms with Crippen LogP contribution in [-0.4, -0.2) is 79.8 Å². The Morgan fingerprint density at radius 1 is 0.379 bits per heavy atom. The molecule has 12 nitrogen and oxygen atoms in total. The Labute approximate surface area is 378 Å². The van der Waals surface area contributed by atoms with Gasteiger partial charge in [0.2, 0.25) is 0 Å². The first-order valence-corrected chi connectivity index (χ1v) is 20.8. The number of fused-ring (bicyclic) bond motifs is 3. The van der Waals surface area contributed by atoms with Crippen LogP contribution in [0.15, 0.2) is 91.0 Å². The van der Waals surface area contributed by atoms with E-state index in [1.54, 1.807) is 39.5 Å². The minimum absolute atomic E-state index is 0.00733. The molecular weight excluding hydrogens is 862 g/mol. The van der Waals surface area contributed by atoms with Crippen molar-refractivity contribution in [3.63, 3.8) is 0 Å².